The average molecular weight is 295 g/mol. The Labute approximate surface area is 113 Å². The molecular formula is C12H14ClF3N2O. The summed E-state index contributed by atoms with van der Waals surface area (Å²) in [5, 5.41) is 1.98. The molecule has 3 N–H and O–H groups in total. The quantitative estimate of drug-likeness (QED) is 0.899. The minimum atomic E-state index is -4.57. The Bertz CT molecular complexity index is 486. The van der Waals surface area contributed by atoms with Crippen LogP contribution < -0.4 is 11.1 Å². The molecule has 0 aliphatic heterocycles. The zero-order valence-corrected chi connectivity index (χ0v) is 11.2. The van der Waals surface area contributed by atoms with Crippen LogP contribution in [0.2, 0.25) is 5.02 Å². The van der Waals surface area contributed by atoms with Crippen molar-refractivity contribution in [2.45, 2.75) is 20.0 Å². The van der Waals surface area contributed by atoms with Crippen LogP contribution >= 0.6 is 11.6 Å². The molecule has 0 fully saturated rings. The summed E-state index contributed by atoms with van der Waals surface area (Å²) in [6, 6.07) is 3.20. The number of hydrogen-bond acceptors (Lipinski definition) is 2. The number of rotatable bonds is 3. The second-order valence-electron chi connectivity index (χ2n) is 4.73. The van der Waals surface area contributed by atoms with Gasteiger partial charge in [0.05, 0.1) is 16.0 Å². The summed E-state index contributed by atoms with van der Waals surface area (Å²) in [5.74, 6) is -0.453. The van der Waals surface area contributed by atoms with E-state index < -0.39 is 28.1 Å². The van der Waals surface area contributed by atoms with Crippen LogP contribution in [-0.2, 0) is 11.0 Å². The molecule has 0 atom stereocenters. The SMILES string of the molecule is CC(C)(CN)C(=O)Nc1ccc(Cl)c(C(F)(F)F)c1. The smallest absolute Gasteiger partial charge is 0.329 e. The number of benzene rings is 1. The van der Waals surface area contributed by atoms with Gasteiger partial charge in [-0.1, -0.05) is 11.6 Å². The summed E-state index contributed by atoms with van der Waals surface area (Å²) in [4.78, 5) is 11.8. The lowest BCUT2D eigenvalue weighted by Crippen LogP contribution is -2.37. The van der Waals surface area contributed by atoms with E-state index in [1.54, 1.807) is 13.8 Å². The van der Waals surface area contributed by atoms with Gasteiger partial charge in [-0.15, -0.1) is 0 Å². The van der Waals surface area contributed by atoms with E-state index in [0.29, 0.717) is 0 Å². The van der Waals surface area contributed by atoms with Crippen LogP contribution in [0.25, 0.3) is 0 Å². The van der Waals surface area contributed by atoms with E-state index in [1.165, 1.54) is 6.07 Å². The van der Waals surface area contributed by atoms with Crippen LogP contribution in [0.5, 0.6) is 0 Å². The van der Waals surface area contributed by atoms with Gasteiger partial charge in [0.1, 0.15) is 0 Å². The number of carbonyl (C=O) groups excluding carboxylic acids is 1. The maximum atomic E-state index is 12.6. The molecule has 7 heteroatoms. The lowest BCUT2D eigenvalue weighted by Gasteiger charge is -2.21. The normalized spacial score (nSPS) is 12.4. The Morgan fingerprint density at radius 3 is 2.42 bits per heavy atom. The molecule has 0 aliphatic carbocycles. The number of anilines is 1. The minimum absolute atomic E-state index is 0.0308. The van der Waals surface area contributed by atoms with Gasteiger partial charge in [0.2, 0.25) is 5.91 Å². The summed E-state index contributed by atoms with van der Waals surface area (Å²) in [5.41, 5.74) is 3.60. The molecule has 0 aromatic heterocycles. The van der Waals surface area contributed by atoms with Gasteiger partial charge in [-0.3, -0.25) is 4.79 Å². The maximum Gasteiger partial charge on any atom is 0.417 e. The predicted molar refractivity (Wildman–Crippen MR) is 67.9 cm³/mol. The lowest BCUT2D eigenvalue weighted by atomic mass is 9.92. The van der Waals surface area contributed by atoms with Crippen LogP contribution in [0, 0.1) is 5.41 Å². The number of amides is 1. The van der Waals surface area contributed by atoms with Gasteiger partial charge < -0.3 is 11.1 Å². The van der Waals surface area contributed by atoms with Gasteiger partial charge in [0.15, 0.2) is 0 Å². The minimum Gasteiger partial charge on any atom is -0.329 e. The maximum absolute atomic E-state index is 12.6. The van der Waals surface area contributed by atoms with E-state index in [4.69, 9.17) is 17.3 Å². The van der Waals surface area contributed by atoms with E-state index >= 15 is 0 Å². The standard InChI is InChI=1S/C12H14ClF3N2O/c1-11(2,6-17)10(19)18-7-3-4-9(13)8(5-7)12(14,15)16/h3-5H,6,17H2,1-2H3,(H,18,19). The van der Waals surface area contributed by atoms with Crippen molar-refractivity contribution < 1.29 is 18.0 Å². The number of carbonyl (C=O) groups is 1. The number of nitrogens with two attached hydrogens (primary N) is 1. The Kier molecular flexibility index (Phi) is 4.47. The molecule has 0 bridgehead atoms. The molecule has 0 radical (unpaired) electrons. The van der Waals surface area contributed by atoms with Gasteiger partial charge in [0.25, 0.3) is 0 Å². The van der Waals surface area contributed by atoms with Gasteiger partial charge in [-0.05, 0) is 32.0 Å². The van der Waals surface area contributed by atoms with Crippen molar-refractivity contribution in [1.82, 2.24) is 0 Å². The molecule has 0 saturated carbocycles. The number of alkyl halides is 3. The lowest BCUT2D eigenvalue weighted by molar-refractivity contribution is -0.137. The van der Waals surface area contributed by atoms with Crippen molar-refractivity contribution in [3.05, 3.63) is 28.8 Å². The fourth-order valence-corrected chi connectivity index (χ4v) is 1.44. The molecule has 19 heavy (non-hydrogen) atoms. The molecule has 0 saturated heterocycles. The molecule has 1 aromatic rings. The molecule has 1 rings (SSSR count). The summed E-state index contributed by atoms with van der Waals surface area (Å²) >= 11 is 5.48. The van der Waals surface area contributed by atoms with Crippen molar-refractivity contribution in [1.29, 1.82) is 0 Å². The van der Waals surface area contributed by atoms with E-state index in [-0.39, 0.29) is 12.2 Å². The van der Waals surface area contributed by atoms with Crippen molar-refractivity contribution in [3.63, 3.8) is 0 Å². The number of nitrogens with one attached hydrogen (secondary N) is 1. The summed E-state index contributed by atoms with van der Waals surface area (Å²) < 4.78 is 37.9. The fourth-order valence-electron chi connectivity index (χ4n) is 1.21. The molecule has 1 amide bonds. The van der Waals surface area contributed by atoms with Crippen LogP contribution in [0.15, 0.2) is 18.2 Å². The molecular weight excluding hydrogens is 281 g/mol. The first-order valence-corrected chi connectivity index (χ1v) is 5.84. The summed E-state index contributed by atoms with van der Waals surface area (Å²) in [6.45, 7) is 3.28. The highest BCUT2D eigenvalue weighted by molar-refractivity contribution is 6.31. The second kappa shape index (κ2) is 5.38. The first-order valence-electron chi connectivity index (χ1n) is 5.46. The average Bonchev–Trinajstić information content (AvgIpc) is 2.30. The van der Waals surface area contributed by atoms with Crippen molar-refractivity contribution in [2.24, 2.45) is 11.1 Å². The van der Waals surface area contributed by atoms with Crippen molar-refractivity contribution in [2.75, 3.05) is 11.9 Å². The van der Waals surface area contributed by atoms with E-state index in [2.05, 4.69) is 5.32 Å². The summed E-state index contributed by atoms with van der Waals surface area (Å²) in [6.07, 6.45) is -4.57. The third-order valence-electron chi connectivity index (χ3n) is 2.65. The van der Waals surface area contributed by atoms with Gasteiger partial charge in [0, 0.05) is 12.2 Å². The Hall–Kier alpha value is -1.27. The van der Waals surface area contributed by atoms with Crippen LogP contribution in [0.1, 0.15) is 19.4 Å². The van der Waals surface area contributed by atoms with E-state index in [0.717, 1.165) is 12.1 Å². The molecule has 0 heterocycles. The van der Waals surface area contributed by atoms with Gasteiger partial charge in [-0.2, -0.15) is 13.2 Å². The highest BCUT2D eigenvalue weighted by atomic mass is 35.5. The van der Waals surface area contributed by atoms with E-state index in [1.807, 2.05) is 0 Å². The molecule has 106 valence electrons. The van der Waals surface area contributed by atoms with E-state index in [9.17, 15) is 18.0 Å². The third-order valence-corrected chi connectivity index (χ3v) is 2.98. The Morgan fingerprint density at radius 1 is 1.37 bits per heavy atom. The highest BCUT2D eigenvalue weighted by Crippen LogP contribution is 2.36. The first-order chi connectivity index (χ1) is 8.58. The fraction of sp³-hybridized carbons (Fsp3) is 0.417. The van der Waals surface area contributed by atoms with Crippen molar-refractivity contribution >= 4 is 23.2 Å². The van der Waals surface area contributed by atoms with Crippen LogP contribution in [0.4, 0.5) is 18.9 Å². The molecule has 1 aromatic carbocycles. The first kappa shape index (κ1) is 15.8. The monoisotopic (exact) mass is 294 g/mol. The van der Waals surface area contributed by atoms with Gasteiger partial charge >= 0.3 is 6.18 Å². The molecule has 3 nitrogen and oxygen atoms in total. The molecule has 0 aliphatic rings. The predicted octanol–water partition coefficient (Wildman–Crippen LogP) is 3.28. The molecule has 0 spiro atoms. The largest absolute Gasteiger partial charge is 0.417 e. The zero-order valence-electron chi connectivity index (χ0n) is 10.4. The van der Waals surface area contributed by atoms with Crippen LogP contribution in [-0.4, -0.2) is 12.5 Å². The van der Waals surface area contributed by atoms with Crippen molar-refractivity contribution in [3.8, 4) is 0 Å². The van der Waals surface area contributed by atoms with Crippen LogP contribution in [0.3, 0.4) is 0 Å². The Morgan fingerprint density at radius 2 is 1.95 bits per heavy atom. The topological polar surface area (TPSA) is 55.1 Å². The van der Waals surface area contributed by atoms with Gasteiger partial charge in [-0.25, -0.2) is 0 Å². The number of halogens is 4. The summed E-state index contributed by atoms with van der Waals surface area (Å²) in [7, 11) is 0. The third kappa shape index (κ3) is 3.84. The second-order valence-corrected chi connectivity index (χ2v) is 5.14. The number of hydrogen-bond donors (Lipinski definition) is 2. The zero-order chi connectivity index (χ0) is 14.8. The molecule has 0 unspecified atom stereocenters. The Balaban J connectivity index is 3.02. The highest BCUT2D eigenvalue weighted by Gasteiger charge is 2.34.